The Labute approximate surface area is 113 Å². The first kappa shape index (κ1) is 13.7. The van der Waals surface area contributed by atoms with Gasteiger partial charge in [0.05, 0.1) is 18.5 Å². The van der Waals surface area contributed by atoms with E-state index in [9.17, 15) is 0 Å². The number of furan rings is 1. The Morgan fingerprint density at radius 2 is 2.21 bits per heavy atom. The largest absolute Gasteiger partial charge is 0.469 e. The summed E-state index contributed by atoms with van der Waals surface area (Å²) >= 11 is 0. The predicted octanol–water partition coefficient (Wildman–Crippen LogP) is 2.71. The molecule has 0 amide bonds. The van der Waals surface area contributed by atoms with Gasteiger partial charge in [0.2, 0.25) is 0 Å². The summed E-state index contributed by atoms with van der Waals surface area (Å²) in [5, 5.41) is 3.30. The number of aromatic nitrogens is 1. The molecule has 0 aliphatic carbocycles. The summed E-state index contributed by atoms with van der Waals surface area (Å²) in [6.07, 6.45) is 4.52. The molecule has 0 atom stereocenters. The van der Waals surface area contributed by atoms with Crippen molar-refractivity contribution in [2.45, 2.75) is 33.4 Å². The van der Waals surface area contributed by atoms with Crippen LogP contribution >= 0.6 is 0 Å². The van der Waals surface area contributed by atoms with Crippen LogP contribution in [0.15, 0.2) is 27.4 Å². The van der Waals surface area contributed by atoms with Gasteiger partial charge in [0.25, 0.3) is 6.01 Å². The number of nitrogens with one attached hydrogen (secondary N) is 1. The average Bonchev–Trinajstić information content (AvgIpc) is 3.00. The summed E-state index contributed by atoms with van der Waals surface area (Å²) in [4.78, 5) is 6.43. The lowest BCUT2D eigenvalue weighted by Gasteiger charge is -2.13. The molecule has 0 aliphatic rings. The number of aryl methyl sites for hydroxylation is 1. The molecule has 5 nitrogen and oxygen atoms in total. The van der Waals surface area contributed by atoms with Gasteiger partial charge in [0.1, 0.15) is 12.0 Å². The lowest BCUT2D eigenvalue weighted by molar-refractivity contribution is 0.524. The van der Waals surface area contributed by atoms with Crippen LogP contribution in [0.2, 0.25) is 0 Å². The summed E-state index contributed by atoms with van der Waals surface area (Å²) in [5.74, 6) is 0.934. The highest BCUT2D eigenvalue weighted by atomic mass is 16.4. The Hall–Kier alpha value is -1.75. The molecule has 1 N–H and O–H groups in total. The van der Waals surface area contributed by atoms with Crippen LogP contribution in [-0.4, -0.2) is 18.6 Å². The van der Waals surface area contributed by atoms with E-state index in [1.807, 2.05) is 24.9 Å². The number of rotatable bonds is 7. The number of hydrogen-bond acceptors (Lipinski definition) is 5. The molecule has 0 bridgehead atoms. The van der Waals surface area contributed by atoms with E-state index in [0.29, 0.717) is 6.01 Å². The fourth-order valence-corrected chi connectivity index (χ4v) is 1.84. The molecule has 0 fully saturated rings. The molecule has 0 spiro atoms. The van der Waals surface area contributed by atoms with E-state index in [-0.39, 0.29) is 0 Å². The normalized spacial score (nSPS) is 10.9. The number of anilines is 1. The van der Waals surface area contributed by atoms with Crippen LogP contribution in [0.25, 0.3) is 0 Å². The van der Waals surface area contributed by atoms with Gasteiger partial charge in [-0.1, -0.05) is 6.92 Å². The summed E-state index contributed by atoms with van der Waals surface area (Å²) < 4.78 is 10.8. The van der Waals surface area contributed by atoms with Crippen molar-refractivity contribution in [1.82, 2.24) is 10.3 Å². The van der Waals surface area contributed by atoms with Gasteiger partial charge in [0.15, 0.2) is 0 Å². The molecule has 2 rings (SSSR count). The van der Waals surface area contributed by atoms with Gasteiger partial charge in [0, 0.05) is 19.2 Å². The molecule has 5 heteroatoms. The Balaban J connectivity index is 1.92. The molecular formula is C14H21N3O2. The molecule has 0 unspecified atom stereocenters. The van der Waals surface area contributed by atoms with Gasteiger partial charge in [-0.05, 0) is 26.0 Å². The van der Waals surface area contributed by atoms with Crippen molar-refractivity contribution in [2.75, 3.05) is 18.5 Å². The number of nitrogens with zero attached hydrogens (tertiary/aromatic N) is 2. The van der Waals surface area contributed by atoms with Crippen molar-refractivity contribution < 1.29 is 8.83 Å². The zero-order valence-corrected chi connectivity index (χ0v) is 11.8. The second kappa shape index (κ2) is 6.43. The first-order chi connectivity index (χ1) is 9.20. The van der Waals surface area contributed by atoms with Crippen LogP contribution in [0.4, 0.5) is 6.01 Å². The zero-order chi connectivity index (χ0) is 13.7. The predicted molar refractivity (Wildman–Crippen MR) is 74.1 cm³/mol. The summed E-state index contributed by atoms with van der Waals surface area (Å²) in [5.41, 5.74) is 2.07. The monoisotopic (exact) mass is 263 g/mol. The Morgan fingerprint density at radius 3 is 2.89 bits per heavy atom. The second-order valence-corrected chi connectivity index (χ2v) is 4.66. The topological polar surface area (TPSA) is 54.4 Å². The van der Waals surface area contributed by atoms with Crippen molar-refractivity contribution in [1.29, 1.82) is 0 Å². The van der Waals surface area contributed by atoms with Gasteiger partial charge in [-0.2, -0.15) is 4.98 Å². The highest BCUT2D eigenvalue weighted by molar-refractivity contribution is 5.29. The van der Waals surface area contributed by atoms with Crippen LogP contribution in [-0.2, 0) is 13.1 Å². The van der Waals surface area contributed by atoms with E-state index >= 15 is 0 Å². The minimum atomic E-state index is 0.633. The summed E-state index contributed by atoms with van der Waals surface area (Å²) in [7, 11) is 1.96. The van der Waals surface area contributed by atoms with Crippen molar-refractivity contribution in [3.8, 4) is 0 Å². The summed E-state index contributed by atoms with van der Waals surface area (Å²) in [6, 6.07) is 2.60. The lowest BCUT2D eigenvalue weighted by Crippen LogP contribution is -2.17. The van der Waals surface area contributed by atoms with Gasteiger partial charge in [-0.15, -0.1) is 0 Å². The third-order valence-electron chi connectivity index (χ3n) is 2.97. The lowest BCUT2D eigenvalue weighted by atomic mass is 10.2. The van der Waals surface area contributed by atoms with Gasteiger partial charge in [-0.25, -0.2) is 0 Å². The number of hydrogen-bond donors (Lipinski definition) is 1. The highest BCUT2D eigenvalue weighted by Gasteiger charge is 2.11. The van der Waals surface area contributed by atoms with Crippen molar-refractivity contribution in [3.05, 3.63) is 35.6 Å². The van der Waals surface area contributed by atoms with Crippen LogP contribution in [0.3, 0.4) is 0 Å². The van der Waals surface area contributed by atoms with Crippen LogP contribution in [0.5, 0.6) is 0 Å². The van der Waals surface area contributed by atoms with Crippen LogP contribution in [0, 0.1) is 6.92 Å². The summed E-state index contributed by atoms with van der Waals surface area (Å²) in [6.45, 7) is 6.56. The minimum absolute atomic E-state index is 0.633. The van der Waals surface area contributed by atoms with E-state index < -0.39 is 0 Å². The smallest absolute Gasteiger partial charge is 0.297 e. The molecule has 0 saturated heterocycles. The van der Waals surface area contributed by atoms with Crippen molar-refractivity contribution in [3.63, 3.8) is 0 Å². The molecule has 0 saturated carbocycles. The molecule has 2 aromatic heterocycles. The standard InChI is InChI=1S/C14H21N3O2/c1-4-6-15-8-13-10-19-14(16-13)17(3)9-12-5-7-18-11(12)2/h5,7,10,15H,4,6,8-9H2,1-3H3. The molecule has 2 aromatic rings. The van der Waals surface area contributed by atoms with E-state index in [4.69, 9.17) is 8.83 Å². The minimum Gasteiger partial charge on any atom is -0.469 e. The van der Waals surface area contributed by atoms with Crippen molar-refractivity contribution >= 4 is 6.01 Å². The van der Waals surface area contributed by atoms with E-state index in [1.165, 1.54) is 0 Å². The zero-order valence-electron chi connectivity index (χ0n) is 11.8. The van der Waals surface area contributed by atoms with Gasteiger partial charge in [-0.3, -0.25) is 0 Å². The maximum absolute atomic E-state index is 5.49. The third-order valence-corrected chi connectivity index (χ3v) is 2.97. The third kappa shape index (κ3) is 3.61. The Kier molecular flexibility index (Phi) is 4.63. The maximum atomic E-state index is 5.49. The molecule has 0 radical (unpaired) electrons. The first-order valence-electron chi connectivity index (χ1n) is 6.60. The highest BCUT2D eigenvalue weighted by Crippen LogP contribution is 2.17. The molecule has 2 heterocycles. The molecule has 104 valence electrons. The average molecular weight is 263 g/mol. The fourth-order valence-electron chi connectivity index (χ4n) is 1.84. The van der Waals surface area contributed by atoms with Crippen LogP contribution in [0.1, 0.15) is 30.4 Å². The molecule has 19 heavy (non-hydrogen) atoms. The molecular weight excluding hydrogens is 242 g/mol. The van der Waals surface area contributed by atoms with E-state index in [1.54, 1.807) is 12.5 Å². The van der Waals surface area contributed by atoms with E-state index in [0.717, 1.165) is 43.1 Å². The quantitative estimate of drug-likeness (QED) is 0.778. The van der Waals surface area contributed by atoms with Crippen molar-refractivity contribution in [2.24, 2.45) is 0 Å². The number of oxazole rings is 1. The maximum Gasteiger partial charge on any atom is 0.297 e. The van der Waals surface area contributed by atoms with Gasteiger partial charge >= 0.3 is 0 Å². The fraction of sp³-hybridized carbons (Fsp3) is 0.500. The molecule has 0 aliphatic heterocycles. The molecule has 0 aromatic carbocycles. The second-order valence-electron chi connectivity index (χ2n) is 4.66. The van der Waals surface area contributed by atoms with Crippen LogP contribution < -0.4 is 10.2 Å². The Bertz CT molecular complexity index is 504. The first-order valence-corrected chi connectivity index (χ1v) is 6.60. The Morgan fingerprint density at radius 1 is 1.37 bits per heavy atom. The van der Waals surface area contributed by atoms with Gasteiger partial charge < -0.3 is 19.1 Å². The SMILES string of the molecule is CCCNCc1coc(N(C)Cc2ccoc2C)n1. The van der Waals surface area contributed by atoms with E-state index in [2.05, 4.69) is 17.2 Å².